The number of hydrogen-bond donors (Lipinski definition) is 3. The van der Waals surface area contributed by atoms with E-state index in [0.29, 0.717) is 17.3 Å². The van der Waals surface area contributed by atoms with Gasteiger partial charge in [0, 0.05) is 35.4 Å². The van der Waals surface area contributed by atoms with Crippen molar-refractivity contribution < 1.29 is 56.3 Å². The average Bonchev–Trinajstić information content (AvgIpc) is 3.52. The van der Waals surface area contributed by atoms with E-state index in [1.807, 2.05) is 32.8 Å². The van der Waals surface area contributed by atoms with Crippen molar-refractivity contribution in [2.75, 3.05) is 27.3 Å². The number of benzene rings is 1. The van der Waals surface area contributed by atoms with Crippen LogP contribution in [0.25, 0.3) is 10.9 Å². The minimum atomic E-state index is -4.23. The summed E-state index contributed by atoms with van der Waals surface area (Å²) in [5, 5.41) is 15.1. The fourth-order valence-electron chi connectivity index (χ4n) is 9.77. The summed E-state index contributed by atoms with van der Waals surface area (Å²) in [6.45, 7) is 13.7. The van der Waals surface area contributed by atoms with Crippen LogP contribution in [0.15, 0.2) is 41.4 Å². The smallest absolute Gasteiger partial charge is 0.408 e. The second kappa shape index (κ2) is 17.6. The molecule has 16 nitrogen and oxygen atoms in total. The first-order chi connectivity index (χ1) is 27.7. The molecule has 0 radical (unpaired) electrons. The number of alkyl carbamates (subject to hydrolysis) is 1. The molecule has 15 atom stereocenters. The maximum atomic E-state index is 14.6. The van der Waals surface area contributed by atoms with Crippen LogP contribution in [0.5, 0.6) is 0 Å². The number of aliphatic hydroxyl groups excluding tert-OH is 1. The zero-order valence-corrected chi connectivity index (χ0v) is 36.6. The fraction of sp³-hybridized carbons (Fsp3) is 0.714. The van der Waals surface area contributed by atoms with E-state index >= 15 is 0 Å². The molecule has 17 heteroatoms. The van der Waals surface area contributed by atoms with Gasteiger partial charge in [0.15, 0.2) is 11.9 Å². The Hall–Kier alpha value is -3.29. The summed E-state index contributed by atoms with van der Waals surface area (Å²) in [6, 6.07) is 6.26. The standard InChI is InChI=1S/C42H62N4O12S/c1-11-31-42(8)36(44-40(50)58-42)24(4)33(47)22(2)19-41(7)37(57-39-34(48)29(46(9)10)18-23(3)55-39)25(5)35(26(6)38(49)56-31)53-20-28(21-54-41)45-59(51,52)30-16-12-14-27-15-13-17-43-32(27)30/h12-17,22-26,28-29,31,34-37,39,45,48H,11,18-21H2,1-10H3,(H,44,50)/t22-,23-,24+,25-,26-,28?,29+,31-,34-,35+,36+,37-,39+,41-,42-/m1/s1. The first-order valence-corrected chi connectivity index (χ1v) is 22.2. The first-order valence-electron chi connectivity index (χ1n) is 20.7. The number of aliphatic hydroxyl groups is 1. The van der Waals surface area contributed by atoms with Gasteiger partial charge in [0.05, 0.1) is 60.6 Å². The highest BCUT2D eigenvalue weighted by molar-refractivity contribution is 7.89. The molecule has 3 N–H and O–H groups in total. The van der Waals surface area contributed by atoms with E-state index in [2.05, 4.69) is 15.0 Å². The minimum Gasteiger partial charge on any atom is -0.458 e. The predicted octanol–water partition coefficient (Wildman–Crippen LogP) is 3.57. The minimum absolute atomic E-state index is 0.0279. The number of ketones is 1. The Labute approximate surface area is 347 Å². The third-order valence-corrected chi connectivity index (χ3v) is 14.5. The number of ether oxygens (including phenoxy) is 6. The number of pyridine rings is 1. The van der Waals surface area contributed by atoms with Gasteiger partial charge < -0.3 is 43.7 Å². The van der Waals surface area contributed by atoms with Crippen molar-refractivity contribution in [2.24, 2.45) is 23.7 Å². The molecule has 0 saturated carbocycles. The number of aromatic nitrogens is 1. The Balaban J connectivity index is 1.46. The molecule has 4 saturated heterocycles. The summed E-state index contributed by atoms with van der Waals surface area (Å²) in [6.07, 6.45) is -3.75. The number of fused-ring (bicyclic) bond motifs is 5. The van der Waals surface area contributed by atoms with E-state index in [4.69, 9.17) is 28.4 Å². The molecule has 1 aromatic carbocycles. The summed E-state index contributed by atoms with van der Waals surface area (Å²) in [4.78, 5) is 48.0. The third kappa shape index (κ3) is 9.03. The third-order valence-electron chi connectivity index (χ3n) is 12.9. The lowest BCUT2D eigenvalue weighted by molar-refractivity contribution is -0.302. The van der Waals surface area contributed by atoms with E-state index in [1.165, 1.54) is 12.3 Å². The lowest BCUT2D eigenvalue weighted by Gasteiger charge is -2.48. The predicted molar refractivity (Wildman–Crippen MR) is 216 cm³/mol. The number of nitrogens with one attached hydrogen (secondary N) is 2. The lowest BCUT2D eigenvalue weighted by Crippen LogP contribution is -2.60. The van der Waals surface area contributed by atoms with Gasteiger partial charge in [0.1, 0.15) is 22.9 Å². The van der Waals surface area contributed by atoms with E-state index in [-0.39, 0.29) is 48.9 Å². The second-order valence-corrected chi connectivity index (χ2v) is 19.4. The Bertz CT molecular complexity index is 1960. The molecule has 0 spiro atoms. The molecule has 328 valence electrons. The zero-order chi connectivity index (χ0) is 43.2. The van der Waals surface area contributed by atoms with Crippen LogP contribution in [0, 0.1) is 23.7 Å². The van der Waals surface area contributed by atoms with Crippen LogP contribution in [-0.4, -0.2) is 135 Å². The number of para-hydroxylation sites is 1. The first kappa shape index (κ1) is 45.2. The molecule has 0 aliphatic carbocycles. The van der Waals surface area contributed by atoms with Gasteiger partial charge in [-0.1, -0.05) is 45.9 Å². The maximum absolute atomic E-state index is 14.6. The summed E-state index contributed by atoms with van der Waals surface area (Å²) in [7, 11) is -0.487. The highest BCUT2D eigenvalue weighted by Gasteiger charge is 2.58. The highest BCUT2D eigenvalue weighted by Crippen LogP contribution is 2.42. The van der Waals surface area contributed by atoms with Gasteiger partial charge in [0.25, 0.3) is 0 Å². The Morgan fingerprint density at radius 2 is 1.75 bits per heavy atom. The molecule has 2 bridgehead atoms. The van der Waals surface area contributed by atoms with Gasteiger partial charge in [-0.25, -0.2) is 17.9 Å². The van der Waals surface area contributed by atoms with Crippen LogP contribution in [-0.2, 0) is 48.0 Å². The Morgan fingerprint density at radius 3 is 2.44 bits per heavy atom. The molecular formula is C42H62N4O12S. The number of Topliss-reactive ketones (excluding diaryl/α,β-unsaturated/α-hetero) is 1. The van der Waals surface area contributed by atoms with Crippen LogP contribution >= 0.6 is 0 Å². The number of cyclic esters (lactones) is 1. The van der Waals surface area contributed by atoms with Crippen molar-refractivity contribution in [3.05, 3.63) is 36.5 Å². The van der Waals surface area contributed by atoms with Crippen molar-refractivity contribution in [3.8, 4) is 0 Å². The van der Waals surface area contributed by atoms with Crippen LogP contribution in [0.3, 0.4) is 0 Å². The molecule has 4 aliphatic rings. The van der Waals surface area contributed by atoms with Gasteiger partial charge in [-0.15, -0.1) is 0 Å². The highest BCUT2D eigenvalue weighted by atomic mass is 32.2. The summed E-state index contributed by atoms with van der Waals surface area (Å²) in [5.74, 6) is -4.05. The van der Waals surface area contributed by atoms with Crippen LogP contribution in [0.4, 0.5) is 4.79 Å². The van der Waals surface area contributed by atoms with Crippen molar-refractivity contribution in [1.82, 2.24) is 19.9 Å². The lowest BCUT2D eigenvalue weighted by atomic mass is 9.73. The number of esters is 1. The Morgan fingerprint density at radius 1 is 1.03 bits per heavy atom. The molecule has 59 heavy (non-hydrogen) atoms. The number of nitrogens with zero attached hydrogens (tertiary/aromatic N) is 2. The molecule has 1 amide bonds. The van der Waals surface area contributed by atoms with E-state index in [1.54, 1.807) is 65.8 Å². The number of carbonyl (C=O) groups excluding carboxylic acids is 3. The molecule has 4 fully saturated rings. The maximum Gasteiger partial charge on any atom is 0.408 e. The van der Waals surface area contributed by atoms with Crippen LogP contribution in [0.1, 0.15) is 74.7 Å². The average molecular weight is 847 g/mol. The monoisotopic (exact) mass is 846 g/mol. The van der Waals surface area contributed by atoms with Crippen molar-refractivity contribution in [3.63, 3.8) is 0 Å². The largest absolute Gasteiger partial charge is 0.458 e. The van der Waals surface area contributed by atoms with Crippen molar-refractivity contribution in [2.45, 2.75) is 146 Å². The van der Waals surface area contributed by atoms with Gasteiger partial charge in [0.2, 0.25) is 10.0 Å². The van der Waals surface area contributed by atoms with Crippen molar-refractivity contribution in [1.29, 1.82) is 0 Å². The number of hydrogen-bond acceptors (Lipinski definition) is 14. The normalized spacial score (nSPS) is 40.3. The Kier molecular flexibility index (Phi) is 13.5. The molecule has 4 aliphatic heterocycles. The number of amides is 1. The quantitative estimate of drug-likeness (QED) is 0.342. The van der Waals surface area contributed by atoms with E-state index in [0.717, 1.165) is 0 Å². The molecular weight excluding hydrogens is 785 g/mol. The SMILES string of the molecule is CC[C@H]1OC(=O)[C@H](C)[C@H]2OCC(NS(=O)(=O)c3cccc4cccnc34)CO[C@](C)(C[C@@H](C)C(=O)[C@H](C)[C@@H]3NC(=O)O[C@]13C)[C@H](O[C@@H]1O[C@H](C)C[C@H](N(C)C)[C@H]1O)[C@@H]2C. The molecule has 1 unspecified atom stereocenters. The van der Waals surface area contributed by atoms with Gasteiger partial charge in [-0.2, -0.15) is 0 Å². The summed E-state index contributed by atoms with van der Waals surface area (Å²) < 4.78 is 69.8. The molecule has 1 aromatic heterocycles. The second-order valence-electron chi connectivity index (χ2n) is 17.7. The van der Waals surface area contributed by atoms with Gasteiger partial charge in [-0.05, 0) is 73.2 Å². The molecule has 2 aromatic rings. The zero-order valence-electron chi connectivity index (χ0n) is 35.7. The summed E-state index contributed by atoms with van der Waals surface area (Å²) in [5.41, 5.74) is -2.48. The molecule has 5 heterocycles. The van der Waals surface area contributed by atoms with E-state index < -0.39 is 99.7 Å². The number of sulfonamides is 1. The van der Waals surface area contributed by atoms with Gasteiger partial charge in [-0.3, -0.25) is 14.6 Å². The number of likely N-dealkylation sites (N-methyl/N-ethyl adjacent to an activating group) is 1. The van der Waals surface area contributed by atoms with Gasteiger partial charge >= 0.3 is 12.1 Å². The molecule has 6 rings (SSSR count). The fourth-order valence-corrected chi connectivity index (χ4v) is 11.2. The van der Waals surface area contributed by atoms with Crippen LogP contribution in [0.2, 0.25) is 0 Å². The van der Waals surface area contributed by atoms with Crippen molar-refractivity contribution >= 4 is 38.8 Å². The number of carbonyl (C=O) groups is 3. The van der Waals surface area contributed by atoms with Crippen LogP contribution < -0.4 is 10.0 Å². The topological polar surface area (TPSA) is 201 Å². The summed E-state index contributed by atoms with van der Waals surface area (Å²) >= 11 is 0. The number of rotatable bonds is 7. The van der Waals surface area contributed by atoms with E-state index in [9.17, 15) is 27.9 Å².